The van der Waals surface area contributed by atoms with E-state index in [0.717, 1.165) is 16.9 Å². The van der Waals surface area contributed by atoms with Gasteiger partial charge in [0.25, 0.3) is 0 Å². The van der Waals surface area contributed by atoms with E-state index in [1.54, 1.807) is 0 Å². The summed E-state index contributed by atoms with van der Waals surface area (Å²) < 4.78 is 2.14. The summed E-state index contributed by atoms with van der Waals surface area (Å²) in [6.45, 7) is 6.12. The smallest absolute Gasteiger partial charge is 0.303 e. The molecule has 6 nitrogen and oxygen atoms in total. The Hall–Kier alpha value is -2.37. The lowest BCUT2D eigenvalue weighted by Crippen LogP contribution is -2.28. The Morgan fingerprint density at radius 3 is 2.50 bits per heavy atom. The van der Waals surface area contributed by atoms with Gasteiger partial charge in [-0.25, -0.2) is 4.98 Å². The van der Waals surface area contributed by atoms with Crippen molar-refractivity contribution in [2.45, 2.75) is 58.5 Å². The highest BCUT2D eigenvalue weighted by Crippen LogP contribution is 2.24. The molecule has 2 rings (SSSR count). The summed E-state index contributed by atoms with van der Waals surface area (Å²) in [6, 6.07) is 7.98. The number of carbonyl (C=O) groups excluding carboxylic acids is 1. The van der Waals surface area contributed by atoms with Crippen LogP contribution in [0.5, 0.6) is 0 Å². The molecule has 0 saturated heterocycles. The zero-order valence-corrected chi connectivity index (χ0v) is 14.5. The number of carbonyl (C=O) groups is 2. The Bertz CT molecular complexity index is 721. The summed E-state index contributed by atoms with van der Waals surface area (Å²) in [5.74, 6) is -0.0604. The summed E-state index contributed by atoms with van der Waals surface area (Å²) in [5.41, 5.74) is 1.98. The molecule has 130 valence electrons. The maximum absolute atomic E-state index is 12.1. The van der Waals surface area contributed by atoms with E-state index in [0.29, 0.717) is 19.3 Å². The molecule has 2 aromatic rings. The third-order valence-electron chi connectivity index (χ3n) is 3.95. The van der Waals surface area contributed by atoms with E-state index in [1.807, 2.05) is 31.2 Å². The van der Waals surface area contributed by atoms with E-state index in [4.69, 9.17) is 5.11 Å². The fourth-order valence-corrected chi connectivity index (χ4v) is 2.85. The molecule has 0 fully saturated rings. The molecule has 1 aromatic heterocycles. The first-order chi connectivity index (χ1) is 11.4. The molecule has 1 unspecified atom stereocenters. The minimum atomic E-state index is -0.825. The Kier molecular flexibility index (Phi) is 5.95. The van der Waals surface area contributed by atoms with Gasteiger partial charge in [0.1, 0.15) is 5.82 Å². The predicted octanol–water partition coefficient (Wildman–Crippen LogP) is 3.44. The van der Waals surface area contributed by atoms with Crippen LogP contribution in [0.3, 0.4) is 0 Å². The van der Waals surface area contributed by atoms with Crippen molar-refractivity contribution in [1.82, 2.24) is 14.9 Å². The number of hydrogen-bond acceptors (Lipinski definition) is 3. The molecule has 2 N–H and O–H groups in total. The average molecular weight is 331 g/mol. The fraction of sp³-hybridized carbons (Fsp3) is 0.500. The third kappa shape index (κ3) is 4.34. The topological polar surface area (TPSA) is 84.2 Å². The van der Waals surface area contributed by atoms with E-state index >= 15 is 0 Å². The maximum atomic E-state index is 12.1. The van der Waals surface area contributed by atoms with E-state index in [-0.39, 0.29) is 24.4 Å². The third-order valence-corrected chi connectivity index (χ3v) is 3.95. The van der Waals surface area contributed by atoms with Gasteiger partial charge < -0.3 is 15.0 Å². The van der Waals surface area contributed by atoms with Crippen LogP contribution in [0.4, 0.5) is 0 Å². The number of unbranched alkanes of at least 4 members (excludes halogenated alkanes) is 1. The molecule has 0 spiro atoms. The van der Waals surface area contributed by atoms with Gasteiger partial charge in [0.15, 0.2) is 0 Å². The second-order valence-electron chi connectivity index (χ2n) is 6.31. The Balaban J connectivity index is 2.05. The van der Waals surface area contributed by atoms with Gasteiger partial charge in [-0.05, 0) is 45.7 Å². The van der Waals surface area contributed by atoms with Crippen molar-refractivity contribution in [3.63, 3.8) is 0 Å². The van der Waals surface area contributed by atoms with Crippen LogP contribution >= 0.6 is 0 Å². The lowest BCUT2D eigenvalue weighted by Gasteiger charge is -2.18. The van der Waals surface area contributed by atoms with Crippen molar-refractivity contribution in [2.24, 2.45) is 0 Å². The average Bonchev–Trinajstić information content (AvgIpc) is 2.91. The van der Waals surface area contributed by atoms with Gasteiger partial charge in [-0.3, -0.25) is 9.59 Å². The van der Waals surface area contributed by atoms with Crippen molar-refractivity contribution < 1.29 is 14.7 Å². The molecule has 0 radical (unpaired) electrons. The first-order valence-corrected chi connectivity index (χ1v) is 8.38. The quantitative estimate of drug-likeness (QED) is 0.726. The van der Waals surface area contributed by atoms with Gasteiger partial charge in [-0.2, -0.15) is 0 Å². The van der Waals surface area contributed by atoms with Crippen molar-refractivity contribution >= 4 is 22.9 Å². The van der Waals surface area contributed by atoms with Crippen molar-refractivity contribution in [1.29, 1.82) is 0 Å². The summed E-state index contributed by atoms with van der Waals surface area (Å²) >= 11 is 0. The summed E-state index contributed by atoms with van der Waals surface area (Å²) in [7, 11) is 0. The molecule has 24 heavy (non-hydrogen) atoms. The number of rotatable bonds is 8. The van der Waals surface area contributed by atoms with Gasteiger partial charge in [0, 0.05) is 18.9 Å². The van der Waals surface area contributed by atoms with Crippen LogP contribution < -0.4 is 5.32 Å². The van der Waals surface area contributed by atoms with Crippen molar-refractivity contribution in [3.8, 4) is 0 Å². The van der Waals surface area contributed by atoms with Gasteiger partial charge >= 0.3 is 5.97 Å². The first kappa shape index (κ1) is 18.0. The van der Waals surface area contributed by atoms with E-state index in [1.165, 1.54) is 0 Å². The number of fused-ring (bicyclic) bond motifs is 1. The molecule has 6 heteroatoms. The Labute approximate surface area is 141 Å². The predicted molar refractivity (Wildman–Crippen MR) is 92.8 cm³/mol. The monoisotopic (exact) mass is 331 g/mol. The molecule has 0 bridgehead atoms. The van der Waals surface area contributed by atoms with Gasteiger partial charge in [-0.15, -0.1) is 0 Å². The molecule has 0 aliphatic carbocycles. The number of aliphatic carboxylic acids is 1. The number of amides is 1. The van der Waals surface area contributed by atoms with Gasteiger partial charge in [-0.1, -0.05) is 12.1 Å². The first-order valence-electron chi connectivity index (χ1n) is 8.38. The van der Waals surface area contributed by atoms with Crippen LogP contribution in [0.25, 0.3) is 11.0 Å². The summed E-state index contributed by atoms with van der Waals surface area (Å²) in [5, 5.41) is 11.6. The number of hydrogen-bond donors (Lipinski definition) is 2. The van der Waals surface area contributed by atoms with E-state index in [2.05, 4.69) is 28.7 Å². The van der Waals surface area contributed by atoms with Crippen molar-refractivity contribution in [3.05, 3.63) is 30.1 Å². The van der Waals surface area contributed by atoms with Crippen LogP contribution in [0.1, 0.15) is 64.4 Å². The summed E-state index contributed by atoms with van der Waals surface area (Å²) in [6.07, 6.45) is 1.53. The van der Waals surface area contributed by atoms with Crippen LogP contribution in [0, 0.1) is 0 Å². The number of para-hydroxylation sites is 2. The summed E-state index contributed by atoms with van der Waals surface area (Å²) in [4.78, 5) is 27.2. The number of nitrogens with zero attached hydrogens (tertiary/aromatic N) is 2. The molecule has 1 amide bonds. The second kappa shape index (κ2) is 7.95. The maximum Gasteiger partial charge on any atom is 0.303 e. The van der Waals surface area contributed by atoms with Crippen LogP contribution in [-0.4, -0.2) is 26.5 Å². The van der Waals surface area contributed by atoms with Crippen LogP contribution in [-0.2, 0) is 9.59 Å². The molecule has 0 aliphatic rings. The molecule has 0 aliphatic heterocycles. The highest BCUT2D eigenvalue weighted by atomic mass is 16.4. The normalized spacial score (nSPS) is 12.5. The number of imidazole rings is 1. The minimum Gasteiger partial charge on any atom is -0.481 e. The minimum absolute atomic E-state index is 0.0738. The van der Waals surface area contributed by atoms with Gasteiger partial charge in [0.05, 0.1) is 17.1 Å². The SMILES string of the molecule is CC(NC(=O)CCCCC(=O)O)c1nc2ccccc2n1C(C)C. The standard InChI is InChI=1S/C18H25N3O3/c1-12(2)21-15-9-5-4-8-14(15)20-18(21)13(3)19-16(22)10-6-7-11-17(23)24/h4-5,8-9,12-13H,6-7,10-11H2,1-3H3,(H,19,22)(H,23,24). The van der Waals surface area contributed by atoms with Crippen molar-refractivity contribution in [2.75, 3.05) is 0 Å². The lowest BCUT2D eigenvalue weighted by atomic mass is 10.2. The Morgan fingerprint density at radius 1 is 1.17 bits per heavy atom. The molecule has 1 aromatic carbocycles. The zero-order chi connectivity index (χ0) is 17.7. The highest BCUT2D eigenvalue weighted by Gasteiger charge is 2.19. The fourth-order valence-electron chi connectivity index (χ4n) is 2.85. The Morgan fingerprint density at radius 2 is 1.83 bits per heavy atom. The molecule has 0 saturated carbocycles. The second-order valence-corrected chi connectivity index (χ2v) is 6.31. The van der Waals surface area contributed by atoms with Crippen LogP contribution in [0.2, 0.25) is 0 Å². The number of aromatic nitrogens is 2. The van der Waals surface area contributed by atoms with E-state index < -0.39 is 5.97 Å². The number of benzene rings is 1. The number of carboxylic acids is 1. The van der Waals surface area contributed by atoms with Crippen LogP contribution in [0.15, 0.2) is 24.3 Å². The lowest BCUT2D eigenvalue weighted by molar-refractivity contribution is -0.137. The zero-order valence-electron chi connectivity index (χ0n) is 14.5. The largest absolute Gasteiger partial charge is 0.481 e. The highest BCUT2D eigenvalue weighted by molar-refractivity contribution is 5.78. The molecular weight excluding hydrogens is 306 g/mol. The number of nitrogens with one attached hydrogen (secondary N) is 1. The van der Waals surface area contributed by atoms with Gasteiger partial charge in [0.2, 0.25) is 5.91 Å². The molecule has 1 heterocycles. The molecular formula is C18H25N3O3. The number of carboxylic acid groups (broad SMARTS) is 1. The van der Waals surface area contributed by atoms with E-state index in [9.17, 15) is 9.59 Å². The molecule has 1 atom stereocenters.